The van der Waals surface area contributed by atoms with E-state index >= 15 is 0 Å². The van der Waals surface area contributed by atoms with Gasteiger partial charge in [-0.2, -0.15) is 0 Å². The van der Waals surface area contributed by atoms with Crippen molar-refractivity contribution in [1.82, 2.24) is 10.3 Å². The first-order valence-electron chi connectivity index (χ1n) is 8.08. The van der Waals surface area contributed by atoms with Gasteiger partial charge in [-0.3, -0.25) is 9.59 Å². The third-order valence-electron chi connectivity index (χ3n) is 4.24. The number of aromatic amines is 1. The maximum absolute atomic E-state index is 12.5. The van der Waals surface area contributed by atoms with E-state index in [1.165, 1.54) is 21.7 Å². The Balaban J connectivity index is 1.52. The number of hydrogen-bond donors (Lipinski definition) is 2. The topological polar surface area (TPSA) is 62.0 Å². The Kier molecular flexibility index (Phi) is 4.07. The quantitative estimate of drug-likeness (QED) is 0.590. The van der Waals surface area contributed by atoms with E-state index in [0.29, 0.717) is 17.6 Å². The maximum Gasteiger partial charge on any atom is 0.252 e. The lowest BCUT2D eigenvalue weighted by atomic mass is 10.1. The molecule has 0 aliphatic rings. The molecule has 2 N–H and O–H groups in total. The van der Waals surface area contributed by atoms with Crippen LogP contribution in [0.5, 0.6) is 0 Å². The van der Waals surface area contributed by atoms with Crippen molar-refractivity contribution >= 4 is 38.2 Å². The maximum atomic E-state index is 12.5. The van der Waals surface area contributed by atoms with Gasteiger partial charge in [-0.25, -0.2) is 0 Å². The molecule has 0 aliphatic heterocycles. The lowest BCUT2D eigenvalue weighted by molar-refractivity contribution is 0.0955. The highest BCUT2D eigenvalue weighted by molar-refractivity contribution is 7.17. The van der Waals surface area contributed by atoms with Crippen LogP contribution in [-0.4, -0.2) is 17.4 Å². The number of hydrogen-bond acceptors (Lipinski definition) is 3. The first-order valence-corrected chi connectivity index (χ1v) is 8.96. The monoisotopic (exact) mass is 348 g/mol. The van der Waals surface area contributed by atoms with E-state index in [1.807, 2.05) is 30.3 Å². The molecule has 0 saturated carbocycles. The lowest BCUT2D eigenvalue weighted by Crippen LogP contribution is -2.27. The highest BCUT2D eigenvalue weighted by Gasteiger charge is 2.11. The van der Waals surface area contributed by atoms with Gasteiger partial charge < -0.3 is 10.3 Å². The molecule has 124 valence electrons. The van der Waals surface area contributed by atoms with Gasteiger partial charge in [-0.05, 0) is 34.9 Å². The Labute approximate surface area is 148 Å². The van der Waals surface area contributed by atoms with Gasteiger partial charge in [0.05, 0.1) is 5.56 Å². The zero-order valence-electron chi connectivity index (χ0n) is 13.4. The third kappa shape index (κ3) is 3.06. The second kappa shape index (κ2) is 6.53. The molecule has 4 rings (SSSR count). The van der Waals surface area contributed by atoms with Crippen LogP contribution in [0.2, 0.25) is 0 Å². The molecule has 0 saturated heterocycles. The molecule has 0 bridgehead atoms. The van der Waals surface area contributed by atoms with Crippen LogP contribution in [0.15, 0.2) is 64.8 Å². The van der Waals surface area contributed by atoms with E-state index < -0.39 is 0 Å². The molecule has 2 heterocycles. The van der Waals surface area contributed by atoms with Crippen molar-refractivity contribution in [2.24, 2.45) is 0 Å². The first kappa shape index (κ1) is 15.6. The van der Waals surface area contributed by atoms with E-state index in [0.717, 1.165) is 11.8 Å². The molecule has 0 aliphatic carbocycles. The molecule has 0 unspecified atom stereocenters. The molecule has 2 aromatic heterocycles. The Hall–Kier alpha value is -2.92. The van der Waals surface area contributed by atoms with Crippen molar-refractivity contribution in [2.45, 2.75) is 6.42 Å². The van der Waals surface area contributed by atoms with Crippen LogP contribution in [-0.2, 0) is 6.42 Å². The van der Waals surface area contributed by atoms with Crippen LogP contribution < -0.4 is 10.9 Å². The van der Waals surface area contributed by atoms with E-state index in [-0.39, 0.29) is 11.5 Å². The van der Waals surface area contributed by atoms with Crippen molar-refractivity contribution in [3.05, 3.63) is 81.5 Å². The van der Waals surface area contributed by atoms with Crippen LogP contribution in [0.4, 0.5) is 0 Å². The molecule has 4 aromatic rings. The summed E-state index contributed by atoms with van der Waals surface area (Å²) in [4.78, 5) is 27.1. The molecule has 0 fully saturated rings. The van der Waals surface area contributed by atoms with Gasteiger partial charge in [0.15, 0.2) is 0 Å². The average Bonchev–Trinajstić information content (AvgIpc) is 3.04. The minimum atomic E-state index is -0.271. The highest BCUT2D eigenvalue weighted by Crippen LogP contribution is 2.25. The van der Waals surface area contributed by atoms with Crippen molar-refractivity contribution < 1.29 is 4.79 Å². The van der Waals surface area contributed by atoms with Gasteiger partial charge in [-0.15, -0.1) is 11.3 Å². The fourth-order valence-electron chi connectivity index (χ4n) is 3.02. The van der Waals surface area contributed by atoms with E-state index in [2.05, 4.69) is 27.8 Å². The van der Waals surface area contributed by atoms with Crippen molar-refractivity contribution in [3.8, 4) is 0 Å². The number of para-hydroxylation sites is 1. The average molecular weight is 348 g/mol. The molecular formula is C20H16N2O2S. The minimum Gasteiger partial charge on any atom is -0.352 e. The summed E-state index contributed by atoms with van der Waals surface area (Å²) in [6.45, 7) is 0.528. The zero-order chi connectivity index (χ0) is 17.2. The molecule has 4 nitrogen and oxygen atoms in total. The Morgan fingerprint density at radius 2 is 1.80 bits per heavy atom. The van der Waals surface area contributed by atoms with Gasteiger partial charge in [0.25, 0.3) is 5.91 Å². The normalized spacial score (nSPS) is 11.0. The van der Waals surface area contributed by atoms with E-state index in [4.69, 9.17) is 0 Å². The number of carbonyl (C=O) groups is 1. The first-order chi connectivity index (χ1) is 12.2. The minimum absolute atomic E-state index is 0.221. The molecule has 1 amide bonds. The predicted molar refractivity (Wildman–Crippen MR) is 102 cm³/mol. The fourth-order valence-corrected chi connectivity index (χ4v) is 4.02. The number of aromatic nitrogens is 1. The Morgan fingerprint density at radius 1 is 1.04 bits per heavy atom. The second-order valence-corrected chi connectivity index (χ2v) is 6.77. The van der Waals surface area contributed by atoms with Crippen LogP contribution >= 0.6 is 11.3 Å². The summed E-state index contributed by atoms with van der Waals surface area (Å²) in [5.74, 6) is -0.221. The van der Waals surface area contributed by atoms with Crippen molar-refractivity contribution in [2.75, 3.05) is 6.54 Å². The highest BCUT2D eigenvalue weighted by atomic mass is 32.1. The smallest absolute Gasteiger partial charge is 0.252 e. The number of H-pyrrole nitrogens is 1. The number of pyridine rings is 1. The van der Waals surface area contributed by atoms with Gasteiger partial charge in [0.1, 0.15) is 0 Å². The predicted octanol–water partition coefficient (Wildman–Crippen LogP) is 3.72. The molecule has 25 heavy (non-hydrogen) atoms. The standard InChI is InChI=1S/C20H16N2O2S/c23-19-11-16(15-6-1-3-7-17(15)22-19)20(24)21-10-9-13-12-25-18-8-4-2-5-14(13)18/h1-8,11-12H,9-10H2,(H,21,24)(H,22,23). The summed E-state index contributed by atoms with van der Waals surface area (Å²) < 4.78 is 1.25. The molecule has 2 aromatic carbocycles. The Morgan fingerprint density at radius 3 is 2.68 bits per heavy atom. The van der Waals surface area contributed by atoms with Gasteiger partial charge >= 0.3 is 0 Å². The van der Waals surface area contributed by atoms with Crippen LogP contribution in [0.3, 0.4) is 0 Å². The molecule has 5 heteroatoms. The number of carbonyl (C=O) groups excluding carboxylic acids is 1. The molecule has 0 radical (unpaired) electrons. The second-order valence-electron chi connectivity index (χ2n) is 5.86. The zero-order valence-corrected chi connectivity index (χ0v) is 14.2. The molecular weight excluding hydrogens is 332 g/mol. The summed E-state index contributed by atoms with van der Waals surface area (Å²) in [6, 6.07) is 16.9. The van der Waals surface area contributed by atoms with Gasteiger partial charge in [-0.1, -0.05) is 36.4 Å². The number of fused-ring (bicyclic) bond motifs is 2. The summed E-state index contributed by atoms with van der Waals surface area (Å²) >= 11 is 1.71. The summed E-state index contributed by atoms with van der Waals surface area (Å²) in [5.41, 5.74) is 2.04. The fraction of sp³-hybridized carbons (Fsp3) is 0.100. The van der Waals surface area contributed by atoms with Gasteiger partial charge in [0, 0.05) is 28.2 Å². The van der Waals surface area contributed by atoms with Crippen molar-refractivity contribution in [1.29, 1.82) is 0 Å². The van der Waals surface area contributed by atoms with E-state index in [1.54, 1.807) is 17.4 Å². The number of amides is 1. The summed E-state index contributed by atoms with van der Waals surface area (Å²) in [6.07, 6.45) is 0.761. The SMILES string of the molecule is O=C(NCCc1csc2ccccc12)c1cc(=O)[nH]c2ccccc12. The summed E-state index contributed by atoms with van der Waals surface area (Å²) in [5, 5.41) is 7.06. The van der Waals surface area contributed by atoms with E-state index in [9.17, 15) is 9.59 Å². The Bertz CT molecular complexity index is 1130. The number of rotatable bonds is 4. The third-order valence-corrected chi connectivity index (χ3v) is 5.25. The lowest BCUT2D eigenvalue weighted by Gasteiger charge is -2.07. The summed E-state index contributed by atoms with van der Waals surface area (Å²) in [7, 11) is 0. The molecule has 0 spiro atoms. The largest absolute Gasteiger partial charge is 0.352 e. The molecule has 0 atom stereocenters. The van der Waals surface area contributed by atoms with Crippen LogP contribution in [0.25, 0.3) is 21.0 Å². The number of nitrogens with one attached hydrogen (secondary N) is 2. The van der Waals surface area contributed by atoms with Crippen LogP contribution in [0, 0.1) is 0 Å². The number of thiophene rings is 1. The van der Waals surface area contributed by atoms with Crippen LogP contribution in [0.1, 0.15) is 15.9 Å². The van der Waals surface area contributed by atoms with Gasteiger partial charge in [0.2, 0.25) is 5.56 Å². The number of benzene rings is 2. The van der Waals surface area contributed by atoms with Crippen molar-refractivity contribution in [3.63, 3.8) is 0 Å².